The number of aliphatic hydroxyl groups is 1. The third-order valence-corrected chi connectivity index (χ3v) is 9.67. The normalized spacial score (nSPS) is 34.2. The van der Waals surface area contributed by atoms with Crippen molar-refractivity contribution in [3.8, 4) is 0 Å². The lowest BCUT2D eigenvalue weighted by Crippen LogP contribution is -2.57. The molecule has 0 radical (unpaired) electrons. The van der Waals surface area contributed by atoms with E-state index < -0.39 is 28.7 Å². The first kappa shape index (κ1) is 25.3. The van der Waals surface area contributed by atoms with Gasteiger partial charge in [0, 0.05) is 17.8 Å². The van der Waals surface area contributed by atoms with Crippen LogP contribution in [-0.4, -0.2) is 69.0 Å². The first-order valence-electron chi connectivity index (χ1n) is 12.4. The number of nitrogens with one attached hydrogen (secondary N) is 2. The third-order valence-electron chi connectivity index (χ3n) is 7.69. The van der Waals surface area contributed by atoms with E-state index in [0.29, 0.717) is 13.1 Å². The topological polar surface area (TPSA) is 98.7 Å². The van der Waals surface area contributed by atoms with Crippen LogP contribution in [-0.2, 0) is 14.4 Å². The molecule has 0 aliphatic carbocycles. The standard InChI is InChI=1S/C24H41N3O4S/c1-6-8-9-13-26-21(30)19-24-11-10-23(5,32-24)17(20(29)25-12-7-2)18(24)22(31)27(19)16(14-28)15(3)4/h15-19,28H,6-14H2,1-5H3,(H,25,29)(H,26,30)/t16-,17+,18-,19?,23-,24?/m0/s1. The van der Waals surface area contributed by atoms with Crippen LogP contribution in [0.2, 0.25) is 0 Å². The Balaban J connectivity index is 1.99. The molecule has 3 N–H and O–H groups in total. The van der Waals surface area contributed by atoms with Crippen LogP contribution in [0.4, 0.5) is 0 Å². The summed E-state index contributed by atoms with van der Waals surface area (Å²) in [5.74, 6) is -1.33. The molecule has 2 unspecified atom stereocenters. The Hall–Kier alpha value is -1.28. The summed E-state index contributed by atoms with van der Waals surface area (Å²) >= 11 is 1.68. The van der Waals surface area contributed by atoms with Gasteiger partial charge in [-0.25, -0.2) is 0 Å². The van der Waals surface area contributed by atoms with Gasteiger partial charge in [-0.05, 0) is 38.5 Å². The van der Waals surface area contributed by atoms with Crippen molar-refractivity contribution in [2.24, 2.45) is 17.8 Å². The lowest BCUT2D eigenvalue weighted by molar-refractivity contribution is -0.144. The van der Waals surface area contributed by atoms with Crippen LogP contribution in [0.15, 0.2) is 0 Å². The van der Waals surface area contributed by atoms with Crippen LogP contribution in [0.1, 0.15) is 73.1 Å². The summed E-state index contributed by atoms with van der Waals surface area (Å²) in [5, 5.41) is 16.3. The van der Waals surface area contributed by atoms with Crippen LogP contribution in [0.3, 0.4) is 0 Å². The molecule has 8 heteroatoms. The van der Waals surface area contributed by atoms with Crippen molar-refractivity contribution in [3.63, 3.8) is 0 Å². The molecule has 3 fully saturated rings. The fourth-order valence-corrected chi connectivity index (χ4v) is 8.43. The SMILES string of the molecule is CCCCCNC(=O)C1N([C@@H](CO)C(C)C)C(=O)[C@@H]2[C@H](C(=O)NCCC)[C@]3(C)CCC12S3. The van der Waals surface area contributed by atoms with E-state index in [0.717, 1.165) is 38.5 Å². The third kappa shape index (κ3) is 4.06. The highest BCUT2D eigenvalue weighted by molar-refractivity contribution is 8.02. The zero-order chi connectivity index (χ0) is 23.7. The lowest BCUT2D eigenvalue weighted by atomic mass is 9.66. The van der Waals surface area contributed by atoms with E-state index in [4.69, 9.17) is 0 Å². The molecule has 0 aromatic rings. The van der Waals surface area contributed by atoms with Gasteiger partial charge in [-0.2, -0.15) is 0 Å². The van der Waals surface area contributed by atoms with E-state index in [1.807, 2.05) is 20.8 Å². The number of carbonyl (C=O) groups is 3. The lowest BCUT2D eigenvalue weighted by Gasteiger charge is -2.38. The Labute approximate surface area is 196 Å². The number of hydrogen-bond acceptors (Lipinski definition) is 5. The molecule has 3 aliphatic rings. The molecular weight excluding hydrogens is 426 g/mol. The van der Waals surface area contributed by atoms with Crippen molar-refractivity contribution in [2.45, 2.75) is 94.7 Å². The summed E-state index contributed by atoms with van der Waals surface area (Å²) in [7, 11) is 0. The molecule has 0 aromatic carbocycles. The molecule has 3 rings (SSSR count). The number of aliphatic hydroxyl groups excluding tert-OH is 1. The van der Waals surface area contributed by atoms with Gasteiger partial charge in [-0.15, -0.1) is 11.8 Å². The van der Waals surface area contributed by atoms with Crippen molar-refractivity contribution in [2.75, 3.05) is 19.7 Å². The van der Waals surface area contributed by atoms with Gasteiger partial charge in [0.1, 0.15) is 6.04 Å². The maximum atomic E-state index is 13.9. The number of thioether (sulfide) groups is 1. The minimum atomic E-state index is -0.656. The van der Waals surface area contributed by atoms with E-state index in [9.17, 15) is 19.5 Å². The second-order valence-corrected chi connectivity index (χ2v) is 12.2. The first-order valence-corrected chi connectivity index (χ1v) is 13.2. The molecule has 0 aromatic heterocycles. The monoisotopic (exact) mass is 467 g/mol. The fourth-order valence-electron chi connectivity index (χ4n) is 6.08. The number of unbranched alkanes of at least 4 members (excludes halogenated alkanes) is 2. The number of fused-ring (bicyclic) bond motifs is 1. The molecule has 3 aliphatic heterocycles. The average molecular weight is 468 g/mol. The second kappa shape index (κ2) is 9.92. The number of nitrogens with zero attached hydrogens (tertiary/aromatic N) is 1. The van der Waals surface area contributed by atoms with Crippen LogP contribution >= 0.6 is 11.8 Å². The zero-order valence-corrected chi connectivity index (χ0v) is 21.1. The Morgan fingerprint density at radius 1 is 1.12 bits per heavy atom. The van der Waals surface area contributed by atoms with Gasteiger partial charge < -0.3 is 20.6 Å². The molecule has 0 saturated carbocycles. The molecule has 7 nitrogen and oxygen atoms in total. The average Bonchev–Trinajstić information content (AvgIpc) is 3.31. The first-order chi connectivity index (χ1) is 15.2. The minimum Gasteiger partial charge on any atom is -0.394 e. The fraction of sp³-hybridized carbons (Fsp3) is 0.875. The highest BCUT2D eigenvalue weighted by atomic mass is 32.2. The van der Waals surface area contributed by atoms with Gasteiger partial charge in [-0.3, -0.25) is 14.4 Å². The van der Waals surface area contributed by atoms with Crippen LogP contribution < -0.4 is 10.6 Å². The predicted molar refractivity (Wildman–Crippen MR) is 127 cm³/mol. The maximum Gasteiger partial charge on any atom is 0.244 e. The Morgan fingerprint density at radius 3 is 2.41 bits per heavy atom. The van der Waals surface area contributed by atoms with Crippen molar-refractivity contribution >= 4 is 29.5 Å². The molecule has 182 valence electrons. The molecule has 3 amide bonds. The molecule has 2 bridgehead atoms. The van der Waals surface area contributed by atoms with Crippen molar-refractivity contribution in [3.05, 3.63) is 0 Å². The molecule has 3 heterocycles. The van der Waals surface area contributed by atoms with Crippen LogP contribution in [0.25, 0.3) is 0 Å². The summed E-state index contributed by atoms with van der Waals surface area (Å²) in [4.78, 5) is 42.4. The summed E-state index contributed by atoms with van der Waals surface area (Å²) in [5.41, 5.74) is 0. The number of likely N-dealkylation sites (tertiary alicyclic amines) is 1. The smallest absolute Gasteiger partial charge is 0.244 e. The van der Waals surface area contributed by atoms with Crippen LogP contribution in [0.5, 0.6) is 0 Å². The van der Waals surface area contributed by atoms with Gasteiger partial charge in [0.25, 0.3) is 0 Å². The summed E-state index contributed by atoms with van der Waals surface area (Å²) in [6.07, 6.45) is 5.39. The van der Waals surface area contributed by atoms with Gasteiger partial charge >= 0.3 is 0 Å². The Morgan fingerprint density at radius 2 is 1.81 bits per heavy atom. The minimum absolute atomic E-state index is 0.000257. The second-order valence-electron chi connectivity index (χ2n) is 10.3. The van der Waals surface area contributed by atoms with Gasteiger partial charge in [-0.1, -0.05) is 40.5 Å². The van der Waals surface area contributed by atoms with E-state index in [1.54, 1.807) is 16.7 Å². The zero-order valence-electron chi connectivity index (χ0n) is 20.3. The van der Waals surface area contributed by atoms with E-state index >= 15 is 0 Å². The van der Waals surface area contributed by atoms with Gasteiger partial charge in [0.15, 0.2) is 0 Å². The van der Waals surface area contributed by atoms with E-state index in [2.05, 4.69) is 24.5 Å². The molecular formula is C24H41N3O4S. The largest absolute Gasteiger partial charge is 0.394 e. The highest BCUT2D eigenvalue weighted by Crippen LogP contribution is 2.71. The summed E-state index contributed by atoms with van der Waals surface area (Å²) < 4.78 is -0.964. The van der Waals surface area contributed by atoms with Gasteiger partial charge in [0.05, 0.1) is 29.2 Å². The molecule has 1 spiro atoms. The summed E-state index contributed by atoms with van der Waals surface area (Å²) in [6, 6.07) is -1.10. The number of amides is 3. The molecule has 32 heavy (non-hydrogen) atoms. The number of hydrogen-bond donors (Lipinski definition) is 3. The van der Waals surface area contributed by atoms with E-state index in [1.165, 1.54) is 0 Å². The predicted octanol–water partition coefficient (Wildman–Crippen LogP) is 2.32. The molecule has 6 atom stereocenters. The quantitative estimate of drug-likeness (QED) is 0.405. The number of rotatable bonds is 11. The summed E-state index contributed by atoms with van der Waals surface area (Å²) in [6.45, 7) is 11.1. The number of carbonyl (C=O) groups excluding carboxylic acids is 3. The van der Waals surface area contributed by atoms with Gasteiger partial charge in [0.2, 0.25) is 17.7 Å². The Bertz CT molecular complexity index is 732. The molecule has 3 saturated heterocycles. The van der Waals surface area contributed by atoms with Crippen LogP contribution in [0, 0.1) is 17.8 Å². The highest BCUT2D eigenvalue weighted by Gasteiger charge is 2.77. The van der Waals surface area contributed by atoms with Crippen molar-refractivity contribution < 1.29 is 19.5 Å². The van der Waals surface area contributed by atoms with Crippen molar-refractivity contribution in [1.82, 2.24) is 15.5 Å². The Kier molecular flexibility index (Phi) is 7.85. The van der Waals surface area contributed by atoms with Crippen molar-refractivity contribution in [1.29, 1.82) is 0 Å². The van der Waals surface area contributed by atoms with E-state index in [-0.39, 0.29) is 35.0 Å². The maximum absolute atomic E-state index is 13.9.